The smallest absolute Gasteiger partial charge is 0.145 e. The van der Waals surface area contributed by atoms with E-state index < -0.39 is 0 Å². The largest absolute Gasteiger partial charge is 0.301 e. The zero-order valence-electron chi connectivity index (χ0n) is 13.0. The zero-order valence-corrected chi connectivity index (χ0v) is 13.0. The summed E-state index contributed by atoms with van der Waals surface area (Å²) in [6, 6.07) is 8.56. The fourth-order valence-corrected chi connectivity index (χ4v) is 2.99. The standard InChI is InChI=1S/C18H22N2/c1-12-13(2)20-14(10-18(3,4)5)11-19-17(20)16-9-7-6-8-15(12)16/h6-9,11H,10H2,1-5H3. The average molecular weight is 266 g/mol. The van der Waals surface area contributed by atoms with E-state index in [0.717, 1.165) is 12.1 Å². The first-order chi connectivity index (χ1) is 9.38. The predicted octanol–water partition coefficient (Wildman–Crippen LogP) is 4.69. The maximum atomic E-state index is 4.70. The van der Waals surface area contributed by atoms with Gasteiger partial charge in [-0.3, -0.25) is 0 Å². The molecule has 20 heavy (non-hydrogen) atoms. The molecule has 104 valence electrons. The minimum Gasteiger partial charge on any atom is -0.301 e. The van der Waals surface area contributed by atoms with E-state index in [1.807, 2.05) is 6.20 Å². The van der Waals surface area contributed by atoms with E-state index in [1.165, 1.54) is 27.7 Å². The zero-order chi connectivity index (χ0) is 14.5. The third kappa shape index (κ3) is 2.00. The normalized spacial score (nSPS) is 12.4. The van der Waals surface area contributed by atoms with E-state index >= 15 is 0 Å². The third-order valence-electron chi connectivity index (χ3n) is 4.00. The van der Waals surface area contributed by atoms with Crippen LogP contribution < -0.4 is 0 Å². The number of pyridine rings is 1. The summed E-state index contributed by atoms with van der Waals surface area (Å²) in [6.07, 6.45) is 3.08. The lowest BCUT2D eigenvalue weighted by atomic mass is 9.90. The van der Waals surface area contributed by atoms with Crippen LogP contribution in [-0.4, -0.2) is 9.38 Å². The highest BCUT2D eigenvalue weighted by Gasteiger charge is 2.17. The number of aryl methyl sites for hydroxylation is 2. The number of benzene rings is 1. The molecule has 3 rings (SSSR count). The fourth-order valence-electron chi connectivity index (χ4n) is 2.99. The van der Waals surface area contributed by atoms with Gasteiger partial charge >= 0.3 is 0 Å². The van der Waals surface area contributed by atoms with Gasteiger partial charge in [0, 0.05) is 23.0 Å². The molecular weight excluding hydrogens is 244 g/mol. The molecule has 0 spiro atoms. The molecule has 0 N–H and O–H groups in total. The maximum absolute atomic E-state index is 4.70. The van der Waals surface area contributed by atoms with Crippen molar-refractivity contribution in [3.63, 3.8) is 0 Å². The molecule has 0 unspecified atom stereocenters. The highest BCUT2D eigenvalue weighted by atomic mass is 15.0. The van der Waals surface area contributed by atoms with Crippen LogP contribution in [0.4, 0.5) is 0 Å². The Bertz CT molecular complexity index is 788. The van der Waals surface area contributed by atoms with Crippen LogP contribution >= 0.6 is 0 Å². The van der Waals surface area contributed by atoms with Crippen LogP contribution in [0.2, 0.25) is 0 Å². The molecule has 2 heteroatoms. The van der Waals surface area contributed by atoms with E-state index in [4.69, 9.17) is 4.98 Å². The van der Waals surface area contributed by atoms with Crippen LogP contribution in [0.25, 0.3) is 16.4 Å². The molecule has 0 saturated heterocycles. The highest BCUT2D eigenvalue weighted by Crippen LogP contribution is 2.29. The monoisotopic (exact) mass is 266 g/mol. The van der Waals surface area contributed by atoms with Gasteiger partial charge in [-0.1, -0.05) is 45.0 Å². The molecule has 1 aromatic carbocycles. The van der Waals surface area contributed by atoms with Crippen molar-refractivity contribution in [1.29, 1.82) is 0 Å². The van der Waals surface area contributed by atoms with Crippen molar-refractivity contribution in [3.8, 4) is 0 Å². The van der Waals surface area contributed by atoms with Crippen molar-refractivity contribution in [3.05, 3.63) is 47.4 Å². The van der Waals surface area contributed by atoms with Crippen LogP contribution in [0, 0.1) is 19.3 Å². The average Bonchev–Trinajstić information content (AvgIpc) is 2.78. The van der Waals surface area contributed by atoms with Crippen LogP contribution in [0.5, 0.6) is 0 Å². The van der Waals surface area contributed by atoms with Gasteiger partial charge in [0.05, 0.1) is 0 Å². The second kappa shape index (κ2) is 4.34. The molecule has 0 fully saturated rings. The molecule has 2 nitrogen and oxygen atoms in total. The maximum Gasteiger partial charge on any atom is 0.145 e. The van der Waals surface area contributed by atoms with E-state index in [0.29, 0.717) is 0 Å². The molecule has 3 aromatic rings. The number of imidazole rings is 1. The van der Waals surface area contributed by atoms with Gasteiger partial charge in [0.1, 0.15) is 5.65 Å². The van der Waals surface area contributed by atoms with E-state index in [2.05, 4.69) is 63.3 Å². The number of rotatable bonds is 1. The molecule has 0 atom stereocenters. The Labute approximate surface area is 120 Å². The molecule has 0 radical (unpaired) electrons. The van der Waals surface area contributed by atoms with Crippen molar-refractivity contribution in [2.24, 2.45) is 5.41 Å². The SMILES string of the molecule is Cc1c(C)n2c(CC(C)(C)C)cnc2c2ccccc12. The minimum atomic E-state index is 0.266. The van der Waals surface area contributed by atoms with Crippen molar-refractivity contribution in [2.75, 3.05) is 0 Å². The molecule has 0 saturated carbocycles. The number of nitrogens with zero attached hydrogens (tertiary/aromatic N) is 2. The second-order valence-electron chi connectivity index (χ2n) is 6.90. The van der Waals surface area contributed by atoms with E-state index in [9.17, 15) is 0 Å². The van der Waals surface area contributed by atoms with Gasteiger partial charge in [0.2, 0.25) is 0 Å². The fraction of sp³-hybridized carbons (Fsp3) is 0.389. The summed E-state index contributed by atoms with van der Waals surface area (Å²) < 4.78 is 2.34. The van der Waals surface area contributed by atoms with Gasteiger partial charge in [-0.25, -0.2) is 4.98 Å². The second-order valence-corrected chi connectivity index (χ2v) is 6.90. The molecule has 0 amide bonds. The van der Waals surface area contributed by atoms with Crippen LogP contribution in [0.1, 0.15) is 37.7 Å². The first kappa shape index (κ1) is 13.2. The molecule has 0 bridgehead atoms. The Morgan fingerprint density at radius 3 is 2.35 bits per heavy atom. The summed E-state index contributed by atoms with van der Waals surface area (Å²) in [4.78, 5) is 4.70. The summed E-state index contributed by atoms with van der Waals surface area (Å²) in [5.41, 5.74) is 5.31. The lowest BCUT2D eigenvalue weighted by Crippen LogP contribution is -2.12. The van der Waals surface area contributed by atoms with Crippen molar-refractivity contribution in [2.45, 2.75) is 41.0 Å². The Kier molecular flexibility index (Phi) is 2.86. The lowest BCUT2D eigenvalue weighted by Gasteiger charge is -2.19. The molecule has 0 aliphatic carbocycles. The van der Waals surface area contributed by atoms with Crippen molar-refractivity contribution < 1.29 is 0 Å². The van der Waals surface area contributed by atoms with Gasteiger partial charge in [-0.15, -0.1) is 0 Å². The van der Waals surface area contributed by atoms with Crippen LogP contribution in [-0.2, 0) is 6.42 Å². The summed E-state index contributed by atoms with van der Waals surface area (Å²) in [7, 11) is 0. The minimum absolute atomic E-state index is 0.266. The molecule has 2 heterocycles. The van der Waals surface area contributed by atoms with Gasteiger partial charge in [0.15, 0.2) is 0 Å². The Hall–Kier alpha value is -1.83. The summed E-state index contributed by atoms with van der Waals surface area (Å²) in [6.45, 7) is 11.2. The number of aromatic nitrogens is 2. The molecule has 2 aromatic heterocycles. The summed E-state index contributed by atoms with van der Waals surface area (Å²) in [5.74, 6) is 0. The molecule has 0 aliphatic rings. The first-order valence-corrected chi connectivity index (χ1v) is 7.23. The van der Waals surface area contributed by atoms with Crippen molar-refractivity contribution >= 4 is 16.4 Å². The third-order valence-corrected chi connectivity index (χ3v) is 4.00. The van der Waals surface area contributed by atoms with Gasteiger partial charge in [0.25, 0.3) is 0 Å². The number of fused-ring (bicyclic) bond motifs is 3. The number of hydrogen-bond acceptors (Lipinski definition) is 1. The van der Waals surface area contributed by atoms with Crippen LogP contribution in [0.15, 0.2) is 30.5 Å². The quantitative estimate of drug-likeness (QED) is 0.624. The lowest BCUT2D eigenvalue weighted by molar-refractivity contribution is 0.405. The topological polar surface area (TPSA) is 17.3 Å². The van der Waals surface area contributed by atoms with E-state index in [1.54, 1.807) is 0 Å². The summed E-state index contributed by atoms with van der Waals surface area (Å²) >= 11 is 0. The molecule has 0 aliphatic heterocycles. The Morgan fingerprint density at radius 2 is 1.70 bits per heavy atom. The van der Waals surface area contributed by atoms with Gasteiger partial charge in [-0.05, 0) is 36.6 Å². The highest BCUT2D eigenvalue weighted by molar-refractivity contribution is 5.96. The van der Waals surface area contributed by atoms with Gasteiger partial charge < -0.3 is 4.40 Å². The molecular formula is C18H22N2. The van der Waals surface area contributed by atoms with E-state index in [-0.39, 0.29) is 5.41 Å². The Balaban J connectivity index is 2.38. The number of hydrogen-bond donors (Lipinski definition) is 0. The Morgan fingerprint density at radius 1 is 1.05 bits per heavy atom. The first-order valence-electron chi connectivity index (χ1n) is 7.23. The summed E-state index contributed by atoms with van der Waals surface area (Å²) in [5, 5.41) is 2.56. The van der Waals surface area contributed by atoms with Crippen molar-refractivity contribution in [1.82, 2.24) is 9.38 Å². The van der Waals surface area contributed by atoms with Gasteiger partial charge in [-0.2, -0.15) is 0 Å². The van der Waals surface area contributed by atoms with Crippen LogP contribution in [0.3, 0.4) is 0 Å². The predicted molar refractivity (Wildman–Crippen MR) is 85.3 cm³/mol.